The Morgan fingerprint density at radius 3 is 2.22 bits per heavy atom. The number of oxime groups is 1. The van der Waals surface area contributed by atoms with E-state index in [9.17, 15) is 19.4 Å². The van der Waals surface area contributed by atoms with Crippen LogP contribution in [0, 0.1) is 11.7 Å². The van der Waals surface area contributed by atoms with Crippen molar-refractivity contribution in [1.29, 1.82) is 0 Å². The van der Waals surface area contributed by atoms with Gasteiger partial charge in [0.15, 0.2) is 17.4 Å². The zero-order chi connectivity index (χ0) is 53.1. The maximum Gasteiger partial charge on any atom is 0.234 e. The number of fused-ring (bicyclic) bond motifs is 2. The lowest BCUT2D eigenvalue weighted by atomic mass is 9.81. The topological polar surface area (TPSA) is 208 Å². The predicted octanol–water partition coefficient (Wildman–Crippen LogP) is 8.94. The highest BCUT2D eigenvalue weighted by Gasteiger charge is 2.48. The molecule has 12 rings (SSSR count). The molecule has 1 saturated carbocycles. The van der Waals surface area contributed by atoms with Crippen LogP contribution in [0.3, 0.4) is 0 Å². The lowest BCUT2D eigenvalue weighted by Crippen LogP contribution is -2.54. The van der Waals surface area contributed by atoms with E-state index in [0.29, 0.717) is 51.2 Å². The van der Waals surface area contributed by atoms with Gasteiger partial charge in [-0.15, -0.1) is 10.2 Å². The molecule has 6 aromatic rings. The van der Waals surface area contributed by atoms with Crippen LogP contribution in [0.25, 0.3) is 22.4 Å². The van der Waals surface area contributed by atoms with Crippen molar-refractivity contribution in [2.45, 2.75) is 132 Å². The predicted molar refractivity (Wildman–Crippen MR) is 292 cm³/mol. The summed E-state index contributed by atoms with van der Waals surface area (Å²) in [6.07, 6.45) is 11.7. The van der Waals surface area contributed by atoms with Crippen LogP contribution in [0.15, 0.2) is 101 Å². The number of phenolic OH excluding ortho intramolecular Hbond substituents is 1. The fraction of sp³-hybridized carbons (Fsp3) is 0.466. The molecule has 5 aliphatic heterocycles. The Balaban J connectivity index is 0.634. The zero-order valence-electron chi connectivity index (χ0n) is 43.7. The lowest BCUT2D eigenvalue weighted by molar-refractivity contribution is -0.134. The van der Waals surface area contributed by atoms with Crippen molar-refractivity contribution < 1.29 is 28.8 Å². The van der Waals surface area contributed by atoms with Crippen LogP contribution in [0.5, 0.6) is 5.75 Å². The number of hydrogen-bond acceptors (Lipinski definition) is 16. The summed E-state index contributed by atoms with van der Waals surface area (Å²) in [5, 5.41) is 42.8. The molecule has 77 heavy (non-hydrogen) atoms. The van der Waals surface area contributed by atoms with Crippen LogP contribution >= 0.6 is 11.6 Å². The number of phenols is 1. The molecule has 19 heteroatoms. The molecule has 8 heterocycles. The highest BCUT2D eigenvalue weighted by Crippen LogP contribution is 2.45. The van der Waals surface area contributed by atoms with E-state index < -0.39 is 23.8 Å². The smallest absolute Gasteiger partial charge is 0.234 e. The number of rotatable bonds is 12. The first-order valence-corrected chi connectivity index (χ1v) is 27.7. The first kappa shape index (κ1) is 50.9. The highest BCUT2D eigenvalue weighted by molar-refractivity contribution is 6.32. The third kappa shape index (κ3) is 9.70. The molecule has 3 aromatic heterocycles. The molecule has 1 amide bonds. The van der Waals surface area contributed by atoms with Crippen molar-refractivity contribution in [3.05, 3.63) is 125 Å². The number of piperidine rings is 1. The number of nitrogens with one attached hydrogen (secondary N) is 1. The first-order chi connectivity index (χ1) is 37.3. The van der Waals surface area contributed by atoms with Gasteiger partial charge in [0.05, 0.1) is 23.5 Å². The fourth-order valence-corrected chi connectivity index (χ4v) is 13.5. The molecular formula is C58H66ClFN12O5. The number of β-amino-alcohol motifs (C(OH)–C–C–N with tert-alkyl or cyclic N) is 1. The standard InChI is InChI=1S/C58H66ClFN12O5/c1-33(2)50(56(75)71-32-42(73)26-48(71)55-64-58(3,77-68-55)38-16-12-35(13-17-38)43-8-4-6-10-45(43)60)53-51(59)52(67-76-53)36-14-18-39(19-15-36)69-24-22-34(23-25-69)37-28-62-57(63-29-37)72-40-20-21-41(72)31-70(30-40)47-27-46(65-66-54(47)61)44-9-5-7-11-49(44)74/h4-13,16-17,27-29,33-34,36,39-42,48,50,73-74H,14-15,18-26,30-32H2,1-3H3,(H2,61,66)(H,64,68)/t36-,39-,40?,41?,42-,48+,50-,58-/m1/s1. The average molecular weight is 1070 g/mol. The largest absolute Gasteiger partial charge is 0.507 e. The van der Waals surface area contributed by atoms with Gasteiger partial charge < -0.3 is 50.2 Å². The summed E-state index contributed by atoms with van der Waals surface area (Å²) < 4.78 is 20.6. The summed E-state index contributed by atoms with van der Waals surface area (Å²) in [6.45, 7) is 9.48. The van der Waals surface area contributed by atoms with Crippen LogP contribution in [0.4, 0.5) is 21.8 Å². The summed E-state index contributed by atoms with van der Waals surface area (Å²) in [5.74, 6) is 1.21. The van der Waals surface area contributed by atoms with Crippen molar-refractivity contribution in [2.75, 3.05) is 48.3 Å². The van der Waals surface area contributed by atoms with Gasteiger partial charge in [0, 0.05) is 86.1 Å². The van der Waals surface area contributed by atoms with Crippen molar-refractivity contribution in [3.8, 4) is 28.1 Å². The van der Waals surface area contributed by atoms with Crippen LogP contribution < -0.4 is 20.9 Å². The number of carbonyl (C=O) groups excluding carboxylic acids is 1. The van der Waals surface area contributed by atoms with E-state index in [1.54, 1.807) is 35.2 Å². The van der Waals surface area contributed by atoms with Gasteiger partial charge >= 0.3 is 0 Å². The normalized spacial score (nSPS) is 26.2. The minimum atomic E-state index is -1.05. The van der Waals surface area contributed by atoms with E-state index in [1.165, 1.54) is 11.6 Å². The Morgan fingerprint density at radius 2 is 1.53 bits per heavy atom. The minimum absolute atomic E-state index is 0.119. The third-order valence-corrected chi connectivity index (χ3v) is 17.8. The number of halogens is 2. The third-order valence-electron chi connectivity index (χ3n) is 17.4. The molecule has 402 valence electrons. The molecule has 2 bridgehead atoms. The number of anilines is 3. The Kier molecular flexibility index (Phi) is 13.8. The number of amidine groups is 1. The van der Waals surface area contributed by atoms with Gasteiger partial charge in [0.25, 0.3) is 0 Å². The van der Waals surface area contributed by atoms with Gasteiger partial charge in [-0.25, -0.2) is 14.4 Å². The van der Waals surface area contributed by atoms with Crippen molar-refractivity contribution >= 4 is 40.8 Å². The molecule has 2 unspecified atom stereocenters. The maximum absolute atomic E-state index is 14.7. The highest BCUT2D eigenvalue weighted by atomic mass is 35.5. The van der Waals surface area contributed by atoms with Crippen LogP contribution in [0.1, 0.15) is 119 Å². The number of aliphatic hydroxyl groups is 1. The van der Waals surface area contributed by atoms with Gasteiger partial charge in [-0.3, -0.25) is 4.79 Å². The summed E-state index contributed by atoms with van der Waals surface area (Å²) in [6, 6.07) is 23.5. The Morgan fingerprint density at radius 1 is 0.857 bits per heavy atom. The number of carbonyl (C=O) groups is 1. The summed E-state index contributed by atoms with van der Waals surface area (Å²) >= 11 is 7.20. The number of hydrogen-bond donors (Lipinski definition) is 4. The second-order valence-electron chi connectivity index (χ2n) is 22.5. The number of nitrogens with two attached hydrogens (primary N) is 1. The van der Waals surface area contributed by atoms with Crippen molar-refractivity contribution in [1.82, 2.24) is 40.4 Å². The summed E-state index contributed by atoms with van der Waals surface area (Å²) in [5.41, 5.74) is 11.3. The first-order valence-electron chi connectivity index (χ1n) is 27.3. The molecule has 4 saturated heterocycles. The number of aromatic nitrogens is 5. The Labute approximate surface area is 452 Å². The number of aromatic hydroxyl groups is 1. The van der Waals surface area contributed by atoms with Crippen LogP contribution in [-0.2, 0) is 15.4 Å². The number of likely N-dealkylation sites (tertiary alicyclic amines) is 2. The van der Waals surface area contributed by atoms with Gasteiger partial charge in [-0.05, 0) is 112 Å². The number of para-hydroxylation sites is 1. The van der Waals surface area contributed by atoms with Gasteiger partial charge in [0.2, 0.25) is 17.6 Å². The van der Waals surface area contributed by atoms with E-state index in [1.807, 2.05) is 63.2 Å². The molecule has 0 spiro atoms. The molecule has 3 aromatic carbocycles. The van der Waals surface area contributed by atoms with Gasteiger partial charge in [0.1, 0.15) is 28.2 Å². The number of amides is 1. The molecular weight excluding hydrogens is 999 g/mol. The molecule has 0 radical (unpaired) electrons. The number of nitrogen functional groups attached to an aromatic ring is 1. The second-order valence-corrected chi connectivity index (χ2v) is 22.9. The number of benzene rings is 3. The van der Waals surface area contributed by atoms with Gasteiger partial charge in [-0.1, -0.05) is 90.4 Å². The molecule has 6 aliphatic rings. The second kappa shape index (κ2) is 20.8. The van der Waals surface area contributed by atoms with E-state index >= 15 is 0 Å². The van der Waals surface area contributed by atoms with Crippen molar-refractivity contribution in [2.24, 2.45) is 11.1 Å². The van der Waals surface area contributed by atoms with E-state index in [4.69, 9.17) is 36.7 Å². The molecule has 1 aliphatic carbocycles. The molecule has 17 nitrogen and oxygen atoms in total. The fourth-order valence-electron chi connectivity index (χ4n) is 13.2. The molecule has 5 N–H and O–H groups in total. The van der Waals surface area contributed by atoms with E-state index in [2.05, 4.69) is 52.9 Å². The van der Waals surface area contributed by atoms with Crippen molar-refractivity contribution in [3.63, 3.8) is 0 Å². The molecule has 5 fully saturated rings. The summed E-state index contributed by atoms with van der Waals surface area (Å²) in [7, 11) is 0. The van der Waals surface area contributed by atoms with E-state index in [0.717, 1.165) is 106 Å². The zero-order valence-corrected chi connectivity index (χ0v) is 44.4. The number of piperazine rings is 1. The SMILES string of the molecule is CC(C)[C@@H](C(=O)N1C[C@H](O)C[C@H]1C1=NO[C@](C)(c2ccc(-c3ccccc3F)cc2)N1)c1onc([C@H]2CC[C@H](N3CCC(c4cnc(N5C6CCC5CN(c5cc(-c7ccccc7O)nnc5N)C6)nc4)CC3)CC2)c1Cl. The minimum Gasteiger partial charge on any atom is -0.507 e. The van der Waals surface area contributed by atoms with E-state index in [-0.39, 0.29) is 54.4 Å². The maximum atomic E-state index is 14.7. The Bertz CT molecular complexity index is 3130. The van der Waals surface area contributed by atoms with Gasteiger partial charge in [-0.2, -0.15) is 0 Å². The van der Waals surface area contributed by atoms with Crippen LogP contribution in [-0.4, -0.2) is 120 Å². The number of aliphatic hydroxyl groups excluding tert-OH is 1. The molecule has 6 atom stereocenters. The lowest BCUT2D eigenvalue weighted by Gasteiger charge is -2.42. The number of nitrogens with zero attached hydrogens (tertiary/aromatic N) is 10. The Hall–Kier alpha value is -6.89. The monoisotopic (exact) mass is 1060 g/mol. The quantitative estimate of drug-likeness (QED) is 0.0902. The van der Waals surface area contributed by atoms with Crippen LogP contribution in [0.2, 0.25) is 5.02 Å². The average Bonchev–Trinajstić information content (AvgIpc) is 4.26. The summed E-state index contributed by atoms with van der Waals surface area (Å²) in [4.78, 5) is 39.7.